The average molecular weight is 447 g/mol. The van der Waals surface area contributed by atoms with E-state index < -0.39 is 0 Å². The lowest BCUT2D eigenvalue weighted by Gasteiger charge is -2.18. The van der Waals surface area contributed by atoms with Gasteiger partial charge in [-0.3, -0.25) is 19.0 Å². The van der Waals surface area contributed by atoms with Gasteiger partial charge in [0.05, 0.1) is 10.9 Å². The average Bonchev–Trinajstić information content (AvgIpc) is 2.81. The minimum Gasteiger partial charge on any atom is -0.339 e. The molecule has 0 saturated heterocycles. The number of aryl methyl sites for hydroxylation is 1. The number of nitrogens with zero attached hydrogens (tertiary/aromatic N) is 3. The third-order valence-electron chi connectivity index (χ3n) is 6.27. The van der Waals surface area contributed by atoms with Gasteiger partial charge in [0.15, 0.2) is 0 Å². The summed E-state index contributed by atoms with van der Waals surface area (Å²) in [4.78, 5) is 44.8. The van der Waals surface area contributed by atoms with Crippen molar-refractivity contribution in [2.24, 2.45) is 0 Å². The molecule has 33 heavy (non-hydrogen) atoms. The number of carbonyl (C=O) groups is 2. The lowest BCUT2D eigenvalue weighted by atomic mass is 10.1. The predicted molar refractivity (Wildman–Crippen MR) is 130 cm³/mol. The highest BCUT2D eigenvalue weighted by Crippen LogP contribution is 2.18. The monoisotopic (exact) mass is 446 g/mol. The highest BCUT2D eigenvalue weighted by atomic mass is 16.2. The predicted octanol–water partition coefficient (Wildman–Crippen LogP) is 4.25. The Balaban J connectivity index is 1.55. The Labute approximate surface area is 193 Å². The van der Waals surface area contributed by atoms with Gasteiger partial charge in [-0.1, -0.05) is 12.8 Å². The zero-order valence-corrected chi connectivity index (χ0v) is 19.3. The van der Waals surface area contributed by atoms with Crippen LogP contribution in [0.25, 0.3) is 10.9 Å². The third-order valence-corrected chi connectivity index (χ3v) is 6.27. The summed E-state index contributed by atoms with van der Waals surface area (Å²) in [5.74, 6) is 0.492. The first kappa shape index (κ1) is 22.7. The van der Waals surface area contributed by atoms with Crippen molar-refractivity contribution in [3.8, 4) is 0 Å². The van der Waals surface area contributed by atoms with Crippen molar-refractivity contribution < 1.29 is 9.59 Å². The van der Waals surface area contributed by atoms with E-state index in [1.165, 1.54) is 0 Å². The number of amides is 2. The second kappa shape index (κ2) is 9.98. The van der Waals surface area contributed by atoms with Crippen molar-refractivity contribution in [3.05, 3.63) is 69.8 Å². The summed E-state index contributed by atoms with van der Waals surface area (Å²) < 4.78 is 1.79. The summed E-state index contributed by atoms with van der Waals surface area (Å²) in [5.41, 5.74) is 2.15. The van der Waals surface area contributed by atoms with Gasteiger partial charge >= 0.3 is 0 Å². The molecule has 0 radical (unpaired) electrons. The van der Waals surface area contributed by atoms with Crippen LogP contribution < -0.4 is 10.9 Å². The van der Waals surface area contributed by atoms with Crippen molar-refractivity contribution in [3.63, 3.8) is 0 Å². The molecule has 1 N–H and O–H groups in total. The molecule has 7 nitrogen and oxygen atoms in total. The zero-order chi connectivity index (χ0) is 23.4. The smallest absolute Gasteiger partial charge is 0.261 e. The van der Waals surface area contributed by atoms with E-state index in [-0.39, 0.29) is 17.4 Å². The number of fused-ring (bicyclic) bond motifs is 2. The second-order valence-corrected chi connectivity index (χ2v) is 8.39. The van der Waals surface area contributed by atoms with Gasteiger partial charge in [-0.15, -0.1) is 0 Å². The minimum absolute atomic E-state index is 0.0281. The largest absolute Gasteiger partial charge is 0.339 e. The molecule has 7 heteroatoms. The Bertz CT molecular complexity index is 1230. The van der Waals surface area contributed by atoms with Gasteiger partial charge in [-0.25, -0.2) is 4.98 Å². The summed E-state index contributed by atoms with van der Waals surface area (Å²) in [6, 6.07) is 11.9. The molecule has 2 amide bonds. The minimum atomic E-state index is -0.284. The van der Waals surface area contributed by atoms with Gasteiger partial charge in [0, 0.05) is 42.9 Å². The number of nitrogens with one attached hydrogen (secondary N) is 1. The maximum atomic E-state index is 13.0. The molecule has 3 aromatic rings. The summed E-state index contributed by atoms with van der Waals surface area (Å²) in [6.45, 7) is 5.89. The first-order valence-corrected chi connectivity index (χ1v) is 11.8. The standard InChI is InChI=1S/C26H30N4O3/c1-3-29(4-2)25(32)18-10-13-20(14-11-18)27-24(31)19-12-15-21-22(17-19)28-23-9-7-5-6-8-16-30(23)26(21)33/h10-15,17H,3-9,16H2,1-2H3,(H,27,31). The highest BCUT2D eigenvalue weighted by molar-refractivity contribution is 6.06. The fraction of sp³-hybridized carbons (Fsp3) is 0.385. The first-order valence-electron chi connectivity index (χ1n) is 11.8. The van der Waals surface area contributed by atoms with Crippen molar-refractivity contribution >= 4 is 28.4 Å². The van der Waals surface area contributed by atoms with E-state index in [1.807, 2.05) is 13.8 Å². The number of hydrogen-bond donors (Lipinski definition) is 1. The van der Waals surface area contributed by atoms with Gasteiger partial charge in [0.1, 0.15) is 5.82 Å². The summed E-state index contributed by atoms with van der Waals surface area (Å²) in [6.07, 6.45) is 5.06. The normalized spacial score (nSPS) is 13.6. The Morgan fingerprint density at radius 1 is 0.970 bits per heavy atom. The maximum absolute atomic E-state index is 13.0. The summed E-state index contributed by atoms with van der Waals surface area (Å²) in [7, 11) is 0. The molecule has 0 bridgehead atoms. The van der Waals surface area contributed by atoms with Crippen LogP contribution in [-0.4, -0.2) is 39.4 Å². The van der Waals surface area contributed by atoms with Gasteiger partial charge in [0.25, 0.3) is 17.4 Å². The fourth-order valence-electron chi connectivity index (χ4n) is 4.33. The number of anilines is 1. The van der Waals surface area contributed by atoms with E-state index in [9.17, 15) is 14.4 Å². The lowest BCUT2D eigenvalue weighted by Crippen LogP contribution is -2.30. The van der Waals surface area contributed by atoms with E-state index in [4.69, 9.17) is 4.98 Å². The van der Waals surface area contributed by atoms with Crippen LogP contribution in [0.1, 0.15) is 66.1 Å². The van der Waals surface area contributed by atoms with Crippen molar-refractivity contribution in [1.82, 2.24) is 14.5 Å². The highest BCUT2D eigenvalue weighted by Gasteiger charge is 2.16. The topological polar surface area (TPSA) is 84.3 Å². The molecule has 0 aliphatic carbocycles. The summed E-state index contributed by atoms with van der Waals surface area (Å²) in [5, 5.41) is 3.40. The van der Waals surface area contributed by atoms with E-state index in [0.29, 0.717) is 47.4 Å². The summed E-state index contributed by atoms with van der Waals surface area (Å²) >= 11 is 0. The Morgan fingerprint density at radius 3 is 2.39 bits per heavy atom. The molecular weight excluding hydrogens is 416 g/mol. The molecule has 1 aromatic heterocycles. The van der Waals surface area contributed by atoms with Crippen LogP contribution in [0.4, 0.5) is 5.69 Å². The maximum Gasteiger partial charge on any atom is 0.261 e. The molecule has 0 saturated carbocycles. The van der Waals surface area contributed by atoms with Gasteiger partial charge in [-0.2, -0.15) is 0 Å². The Morgan fingerprint density at radius 2 is 1.67 bits per heavy atom. The van der Waals surface area contributed by atoms with Crippen LogP contribution in [0.3, 0.4) is 0 Å². The molecule has 2 heterocycles. The molecule has 0 unspecified atom stereocenters. The molecular formula is C26H30N4O3. The second-order valence-electron chi connectivity index (χ2n) is 8.39. The van der Waals surface area contributed by atoms with Crippen LogP contribution in [0.2, 0.25) is 0 Å². The Hall–Kier alpha value is -3.48. The molecule has 0 spiro atoms. The fourth-order valence-corrected chi connectivity index (χ4v) is 4.33. The van der Waals surface area contributed by atoms with Gasteiger partial charge in [0.2, 0.25) is 0 Å². The number of aromatic nitrogens is 2. The molecule has 0 atom stereocenters. The van der Waals surface area contributed by atoms with E-state index in [1.54, 1.807) is 51.9 Å². The van der Waals surface area contributed by atoms with Crippen LogP contribution >= 0.6 is 0 Å². The first-order chi connectivity index (χ1) is 16.0. The SMILES string of the molecule is CCN(CC)C(=O)c1ccc(NC(=O)c2ccc3c(=O)n4c(nc3c2)CCCCCC4)cc1. The van der Waals surface area contributed by atoms with Gasteiger partial charge < -0.3 is 10.2 Å². The van der Waals surface area contributed by atoms with Gasteiger partial charge in [-0.05, 0) is 69.2 Å². The number of benzene rings is 2. The van der Waals surface area contributed by atoms with E-state index >= 15 is 0 Å². The van der Waals surface area contributed by atoms with E-state index in [0.717, 1.165) is 37.9 Å². The van der Waals surface area contributed by atoms with Crippen LogP contribution in [0, 0.1) is 0 Å². The Kier molecular flexibility index (Phi) is 6.87. The number of rotatable bonds is 5. The van der Waals surface area contributed by atoms with Crippen LogP contribution in [0.15, 0.2) is 47.3 Å². The van der Waals surface area contributed by atoms with Crippen molar-refractivity contribution in [2.75, 3.05) is 18.4 Å². The molecule has 0 fully saturated rings. The molecule has 172 valence electrons. The molecule has 2 aromatic carbocycles. The van der Waals surface area contributed by atoms with Crippen LogP contribution in [0.5, 0.6) is 0 Å². The van der Waals surface area contributed by atoms with Crippen LogP contribution in [-0.2, 0) is 13.0 Å². The van der Waals surface area contributed by atoms with Crippen molar-refractivity contribution in [1.29, 1.82) is 0 Å². The number of carbonyl (C=O) groups excluding carboxylic acids is 2. The lowest BCUT2D eigenvalue weighted by molar-refractivity contribution is 0.0773. The molecule has 1 aliphatic heterocycles. The molecule has 4 rings (SSSR count). The zero-order valence-electron chi connectivity index (χ0n) is 19.3. The number of hydrogen-bond acceptors (Lipinski definition) is 4. The van der Waals surface area contributed by atoms with E-state index in [2.05, 4.69) is 5.32 Å². The quantitative estimate of drug-likeness (QED) is 0.635. The third kappa shape index (κ3) is 4.82. The molecule has 1 aliphatic rings. The van der Waals surface area contributed by atoms with Crippen molar-refractivity contribution in [2.45, 2.75) is 52.5 Å².